The number of phenolic OH excluding ortho intramolecular Hbond substituents is 2. The molecule has 2 aliphatic rings. The third-order valence-corrected chi connectivity index (χ3v) is 7.00. The zero-order valence-electron chi connectivity index (χ0n) is 22.6. The number of hydrogen-bond donors (Lipinski definition) is 6. The zero-order valence-corrected chi connectivity index (χ0v) is 22.6. The predicted octanol–water partition coefficient (Wildman–Crippen LogP) is 3.36. The number of hydrogen-bond acceptors (Lipinski definition) is 9. The van der Waals surface area contributed by atoms with Crippen molar-refractivity contribution >= 4 is 17.8 Å². The minimum Gasteiger partial charge on any atom is -0.508 e. The fourth-order valence-corrected chi connectivity index (χ4v) is 4.94. The first-order valence-electron chi connectivity index (χ1n) is 13.1. The highest BCUT2D eigenvalue weighted by atomic mass is 16.6. The Kier molecular flexibility index (Phi) is 8.50. The van der Waals surface area contributed by atoms with Gasteiger partial charge in [0.25, 0.3) is 0 Å². The van der Waals surface area contributed by atoms with Gasteiger partial charge < -0.3 is 41.0 Å². The van der Waals surface area contributed by atoms with Gasteiger partial charge in [0.15, 0.2) is 5.60 Å². The number of carboxylic acids is 1. The lowest BCUT2D eigenvalue weighted by atomic mass is 9.77. The number of benzene rings is 3. The molecule has 11 nitrogen and oxygen atoms in total. The van der Waals surface area contributed by atoms with Crippen LogP contribution in [0.5, 0.6) is 23.0 Å². The summed E-state index contributed by atoms with van der Waals surface area (Å²) in [5.74, 6) is -1.40. The number of aliphatic hydroxyl groups is 1. The smallest absolute Gasteiger partial charge is 0.340 e. The number of fused-ring (bicyclic) bond motifs is 6. The number of amides is 1. The van der Waals surface area contributed by atoms with E-state index >= 15 is 0 Å². The largest absolute Gasteiger partial charge is 0.508 e. The molecule has 0 aliphatic carbocycles. The van der Waals surface area contributed by atoms with E-state index in [0.717, 1.165) is 6.42 Å². The molecule has 3 aromatic rings. The predicted molar refractivity (Wildman–Crippen MR) is 147 cm³/mol. The van der Waals surface area contributed by atoms with Crippen LogP contribution in [0.15, 0.2) is 54.6 Å². The second-order valence-corrected chi connectivity index (χ2v) is 9.81. The maximum absolute atomic E-state index is 12.7. The number of aliphatic hydroxyl groups excluding tert-OH is 1. The molecule has 2 aliphatic heterocycles. The number of ether oxygens (including phenoxy) is 2. The quantitative estimate of drug-likeness (QED) is 0.232. The van der Waals surface area contributed by atoms with E-state index in [2.05, 4.69) is 5.32 Å². The maximum atomic E-state index is 12.7. The van der Waals surface area contributed by atoms with Crippen LogP contribution in [0, 0.1) is 0 Å². The molecular weight excluding hydrogens is 532 g/mol. The van der Waals surface area contributed by atoms with Crippen molar-refractivity contribution in [1.29, 1.82) is 0 Å². The average Bonchev–Trinajstić information content (AvgIpc) is 3.22. The van der Waals surface area contributed by atoms with Gasteiger partial charge in [-0.3, -0.25) is 4.79 Å². The molecule has 2 atom stereocenters. The molecule has 0 fully saturated rings. The molecule has 1 spiro atoms. The van der Waals surface area contributed by atoms with Crippen LogP contribution >= 0.6 is 0 Å². The van der Waals surface area contributed by atoms with E-state index in [0.29, 0.717) is 36.1 Å². The van der Waals surface area contributed by atoms with Crippen LogP contribution in [-0.4, -0.2) is 57.0 Å². The van der Waals surface area contributed by atoms with E-state index in [-0.39, 0.29) is 46.1 Å². The summed E-state index contributed by atoms with van der Waals surface area (Å²) < 4.78 is 11.7. The Hall–Kier alpha value is -4.61. The van der Waals surface area contributed by atoms with E-state index in [1.165, 1.54) is 36.4 Å². The van der Waals surface area contributed by atoms with Gasteiger partial charge >= 0.3 is 11.9 Å². The van der Waals surface area contributed by atoms with E-state index in [4.69, 9.17) is 15.2 Å². The van der Waals surface area contributed by atoms with Crippen molar-refractivity contribution in [2.24, 2.45) is 5.73 Å². The molecule has 11 heteroatoms. The summed E-state index contributed by atoms with van der Waals surface area (Å²) in [5, 5.41) is 41.0. The van der Waals surface area contributed by atoms with Crippen LogP contribution in [0.2, 0.25) is 0 Å². The first-order valence-corrected chi connectivity index (χ1v) is 13.1. The molecule has 5 rings (SSSR count). The van der Waals surface area contributed by atoms with Crippen molar-refractivity contribution in [2.75, 3.05) is 6.54 Å². The Labute approximate surface area is 236 Å². The van der Waals surface area contributed by atoms with Crippen LogP contribution in [0.4, 0.5) is 0 Å². The Morgan fingerprint density at radius 1 is 0.976 bits per heavy atom. The highest BCUT2D eigenvalue weighted by molar-refractivity contribution is 6.00. The number of esters is 1. The molecule has 216 valence electrons. The molecule has 0 radical (unpaired) electrons. The number of phenols is 2. The van der Waals surface area contributed by atoms with Crippen molar-refractivity contribution in [2.45, 2.75) is 50.9 Å². The molecule has 1 amide bonds. The number of aromatic carboxylic acids is 1. The van der Waals surface area contributed by atoms with Gasteiger partial charge in [-0.05, 0) is 62.7 Å². The van der Waals surface area contributed by atoms with Crippen molar-refractivity contribution in [1.82, 2.24) is 5.32 Å². The third-order valence-electron chi connectivity index (χ3n) is 7.00. The maximum Gasteiger partial charge on any atom is 0.340 e. The Morgan fingerprint density at radius 2 is 1.56 bits per heavy atom. The summed E-state index contributed by atoms with van der Waals surface area (Å²) in [4.78, 5) is 35.2. The molecule has 0 saturated carbocycles. The summed E-state index contributed by atoms with van der Waals surface area (Å²) in [7, 11) is 0. The van der Waals surface area contributed by atoms with Gasteiger partial charge in [-0.25, -0.2) is 9.59 Å². The highest BCUT2D eigenvalue weighted by Gasteiger charge is 2.53. The number of nitrogens with one attached hydrogen (secondary N) is 1. The first-order chi connectivity index (χ1) is 19.5. The first kappa shape index (κ1) is 29.4. The van der Waals surface area contributed by atoms with Gasteiger partial charge in [0.1, 0.15) is 23.0 Å². The number of aromatic hydroxyl groups is 2. The molecule has 41 heavy (non-hydrogen) atoms. The Bertz CT molecular complexity index is 1430. The van der Waals surface area contributed by atoms with Gasteiger partial charge in [-0.2, -0.15) is 0 Å². The minimum atomic E-state index is -1.38. The second kappa shape index (κ2) is 11.9. The molecule has 3 aromatic carbocycles. The van der Waals surface area contributed by atoms with Crippen molar-refractivity contribution < 1.29 is 44.3 Å². The second-order valence-electron chi connectivity index (χ2n) is 9.81. The van der Waals surface area contributed by atoms with Crippen molar-refractivity contribution in [3.8, 4) is 23.0 Å². The zero-order chi connectivity index (χ0) is 29.9. The van der Waals surface area contributed by atoms with Gasteiger partial charge in [0.05, 0.1) is 23.3 Å². The number of carbonyl (C=O) groups excluding carboxylic acids is 2. The van der Waals surface area contributed by atoms with Crippen molar-refractivity contribution in [3.05, 3.63) is 82.4 Å². The minimum absolute atomic E-state index is 0.0294. The van der Waals surface area contributed by atoms with Gasteiger partial charge in [0, 0.05) is 35.2 Å². The van der Waals surface area contributed by atoms with Crippen molar-refractivity contribution in [3.63, 3.8) is 0 Å². The number of carbonyl (C=O) groups is 3. The molecule has 0 aromatic heterocycles. The molecular formula is C30H32N2O9. The van der Waals surface area contributed by atoms with E-state index < -0.39 is 23.6 Å². The van der Waals surface area contributed by atoms with Gasteiger partial charge in [-0.1, -0.05) is 13.0 Å². The topological polar surface area (TPSA) is 189 Å². The highest BCUT2D eigenvalue weighted by Crippen LogP contribution is 2.57. The van der Waals surface area contributed by atoms with Crippen LogP contribution < -0.4 is 15.8 Å². The fraction of sp³-hybridized carbons (Fsp3) is 0.300. The van der Waals surface area contributed by atoms with Crippen LogP contribution in [-0.2, 0) is 15.1 Å². The van der Waals surface area contributed by atoms with Crippen LogP contribution in [0.25, 0.3) is 0 Å². The molecule has 7 N–H and O–H groups in total. The van der Waals surface area contributed by atoms with Crippen LogP contribution in [0.1, 0.15) is 70.5 Å². The SMILES string of the molecule is CCC(NC(=O)CCCN)C(C)O.O=C(O)c1ccc2c(c1)C(=O)OC21c2ccc(O)cc2Oc2cc(O)ccc21. The number of carboxylic acid groups (broad SMARTS) is 1. The van der Waals surface area contributed by atoms with E-state index in [9.17, 15) is 34.8 Å². The average molecular weight is 565 g/mol. The van der Waals surface area contributed by atoms with Crippen LogP contribution in [0.3, 0.4) is 0 Å². The normalized spacial score (nSPS) is 15.2. The monoisotopic (exact) mass is 564 g/mol. The van der Waals surface area contributed by atoms with Gasteiger partial charge in [0.2, 0.25) is 5.91 Å². The number of nitrogens with two attached hydrogens (primary N) is 1. The third kappa shape index (κ3) is 5.67. The molecule has 0 bridgehead atoms. The van der Waals surface area contributed by atoms with E-state index in [1.807, 2.05) is 6.92 Å². The van der Waals surface area contributed by atoms with Gasteiger partial charge in [-0.15, -0.1) is 0 Å². The number of rotatable bonds is 7. The summed E-state index contributed by atoms with van der Waals surface area (Å²) in [5.41, 5.74) is 5.43. The fourth-order valence-electron chi connectivity index (χ4n) is 4.94. The lowest BCUT2D eigenvalue weighted by Gasteiger charge is -2.36. The lowest BCUT2D eigenvalue weighted by Crippen LogP contribution is -2.41. The molecule has 0 saturated heterocycles. The lowest BCUT2D eigenvalue weighted by molar-refractivity contribution is -0.122. The summed E-state index contributed by atoms with van der Waals surface area (Å²) in [6.07, 6.45) is 1.39. The standard InChI is InChI=1S/C21H12O7.C9H20N2O2/c22-11-2-5-15-17(8-11)27-18-9-12(23)3-6-16(18)21(15)14-4-1-10(19(24)25)7-13(14)20(26)28-21;1-3-8(7(2)12)11-9(13)5-4-6-10/h1-9,22-23H,(H,24,25);7-8,12H,3-6,10H2,1-2H3,(H,11,13). The molecule has 2 unspecified atom stereocenters. The molecule has 2 heterocycles. The summed E-state index contributed by atoms with van der Waals surface area (Å²) in [6.45, 7) is 4.14. The Balaban J connectivity index is 0.000000254. The van der Waals surface area contributed by atoms with E-state index in [1.54, 1.807) is 25.1 Å². The Morgan fingerprint density at radius 3 is 2.07 bits per heavy atom. The summed E-state index contributed by atoms with van der Waals surface area (Å²) >= 11 is 0. The summed E-state index contributed by atoms with van der Waals surface area (Å²) in [6, 6.07) is 13.0.